The van der Waals surface area contributed by atoms with Gasteiger partial charge >= 0.3 is 0 Å². The van der Waals surface area contributed by atoms with Crippen molar-refractivity contribution in [1.29, 1.82) is 0 Å². The second-order valence-corrected chi connectivity index (χ2v) is 3.01. The first-order chi connectivity index (χ1) is 6.07. The summed E-state index contributed by atoms with van der Waals surface area (Å²) in [7, 11) is 0. The molecule has 0 saturated carbocycles. The molecule has 80 valence electrons. The van der Waals surface area contributed by atoms with E-state index in [4.69, 9.17) is 23.1 Å². The molecule has 6 heteroatoms. The van der Waals surface area contributed by atoms with Crippen LogP contribution in [-0.2, 0) is 0 Å². The smallest absolute Gasteiger partial charge is 0.149 e. The number of nitrogens with two attached hydrogens (primary N) is 2. The molecule has 0 fully saturated rings. The number of hydrogen-bond acceptors (Lipinski definition) is 2. The summed E-state index contributed by atoms with van der Waals surface area (Å²) in [5.74, 6) is -1.56. The molecule has 0 aliphatic heterocycles. The molecule has 0 saturated heterocycles. The maximum atomic E-state index is 13.2. The lowest BCUT2D eigenvalue weighted by Gasteiger charge is -2.11. The van der Waals surface area contributed by atoms with Crippen LogP contribution in [0.3, 0.4) is 0 Å². The van der Waals surface area contributed by atoms with Gasteiger partial charge in [-0.25, -0.2) is 8.78 Å². The molecule has 1 aromatic rings. The van der Waals surface area contributed by atoms with E-state index in [9.17, 15) is 8.78 Å². The van der Waals surface area contributed by atoms with Gasteiger partial charge in [0.15, 0.2) is 0 Å². The Hall–Kier alpha value is -0.420. The molecule has 0 unspecified atom stereocenters. The summed E-state index contributed by atoms with van der Waals surface area (Å²) in [5, 5.41) is -0.152. The summed E-state index contributed by atoms with van der Waals surface area (Å²) in [6.45, 7) is -0.0335. The molecule has 0 heterocycles. The number of rotatable bonds is 2. The highest BCUT2D eigenvalue weighted by Crippen LogP contribution is 2.24. The zero-order valence-electron chi connectivity index (χ0n) is 7.14. The first kappa shape index (κ1) is 13.6. The van der Waals surface area contributed by atoms with Gasteiger partial charge in [0.1, 0.15) is 11.6 Å². The van der Waals surface area contributed by atoms with Gasteiger partial charge in [0, 0.05) is 18.2 Å². The van der Waals surface area contributed by atoms with Crippen LogP contribution in [0, 0.1) is 11.6 Å². The fourth-order valence-corrected chi connectivity index (χ4v) is 1.17. The summed E-state index contributed by atoms with van der Waals surface area (Å²) in [4.78, 5) is 0. The predicted octanol–water partition coefficient (Wildman–Crippen LogP) is 2.00. The van der Waals surface area contributed by atoms with Gasteiger partial charge in [-0.2, -0.15) is 0 Å². The van der Waals surface area contributed by atoms with E-state index in [-0.39, 0.29) is 29.5 Å². The molecule has 2 nitrogen and oxygen atoms in total. The van der Waals surface area contributed by atoms with E-state index >= 15 is 0 Å². The van der Waals surface area contributed by atoms with E-state index in [1.54, 1.807) is 0 Å². The Bertz CT molecular complexity index is 320. The Balaban J connectivity index is 0.00000169. The third-order valence-corrected chi connectivity index (χ3v) is 2.00. The van der Waals surface area contributed by atoms with Gasteiger partial charge in [-0.15, -0.1) is 12.4 Å². The van der Waals surface area contributed by atoms with Crippen LogP contribution in [0.2, 0.25) is 5.02 Å². The van der Waals surface area contributed by atoms with Crippen molar-refractivity contribution < 1.29 is 8.78 Å². The topological polar surface area (TPSA) is 52.0 Å². The third-order valence-electron chi connectivity index (χ3n) is 1.70. The molecule has 4 N–H and O–H groups in total. The van der Waals surface area contributed by atoms with Gasteiger partial charge in [0.25, 0.3) is 0 Å². The van der Waals surface area contributed by atoms with Gasteiger partial charge in [-0.1, -0.05) is 11.6 Å². The van der Waals surface area contributed by atoms with Crippen LogP contribution >= 0.6 is 24.0 Å². The van der Waals surface area contributed by atoms with Crippen LogP contribution in [-0.4, -0.2) is 6.54 Å². The normalized spacial score (nSPS) is 12.1. The first-order valence-corrected chi connectivity index (χ1v) is 4.04. The Morgan fingerprint density at radius 3 is 2.43 bits per heavy atom. The van der Waals surface area contributed by atoms with Gasteiger partial charge in [0.2, 0.25) is 0 Å². The van der Waals surface area contributed by atoms with E-state index in [0.717, 1.165) is 12.1 Å². The molecule has 0 radical (unpaired) electrons. The molecule has 1 atom stereocenters. The van der Waals surface area contributed by atoms with Crippen LogP contribution < -0.4 is 11.5 Å². The van der Waals surface area contributed by atoms with E-state index in [2.05, 4.69) is 0 Å². The fourth-order valence-electron chi connectivity index (χ4n) is 1.00. The monoisotopic (exact) mass is 242 g/mol. The molecule has 1 rings (SSSR count). The van der Waals surface area contributed by atoms with Crippen LogP contribution in [0.5, 0.6) is 0 Å². The lowest BCUT2D eigenvalue weighted by molar-refractivity contribution is 0.528. The van der Waals surface area contributed by atoms with E-state index in [0.29, 0.717) is 0 Å². The molecule has 0 aliphatic carbocycles. The van der Waals surface area contributed by atoms with E-state index in [1.165, 1.54) is 0 Å². The molecule has 0 aliphatic rings. The molecule has 0 spiro atoms. The zero-order chi connectivity index (χ0) is 10.0. The maximum Gasteiger partial charge on any atom is 0.149 e. The van der Waals surface area contributed by atoms with Gasteiger partial charge in [-0.3, -0.25) is 0 Å². The van der Waals surface area contributed by atoms with E-state index in [1.807, 2.05) is 0 Å². The second kappa shape index (κ2) is 5.46. The molecular weight excluding hydrogens is 233 g/mol. The number of halogens is 4. The summed E-state index contributed by atoms with van der Waals surface area (Å²) in [6, 6.07) is 1.34. The summed E-state index contributed by atoms with van der Waals surface area (Å²) < 4.78 is 26.2. The molecule has 14 heavy (non-hydrogen) atoms. The van der Waals surface area contributed by atoms with Crippen molar-refractivity contribution in [3.8, 4) is 0 Å². The zero-order valence-corrected chi connectivity index (χ0v) is 8.71. The molecule has 0 amide bonds. The Labute approximate surface area is 91.6 Å². The Morgan fingerprint density at radius 2 is 1.93 bits per heavy atom. The van der Waals surface area contributed by atoms with Crippen LogP contribution in [0.4, 0.5) is 8.78 Å². The summed E-state index contributed by atoms with van der Waals surface area (Å²) >= 11 is 5.45. The third kappa shape index (κ3) is 2.54. The van der Waals surface area contributed by atoms with Gasteiger partial charge in [0.05, 0.1) is 5.02 Å². The number of benzene rings is 1. The SMILES string of the molecule is Cl.NC[C@@H](N)c1c(F)ccc(Cl)c1F. The highest BCUT2D eigenvalue weighted by Gasteiger charge is 2.17. The quantitative estimate of drug-likeness (QED) is 0.780. The minimum Gasteiger partial charge on any atom is -0.329 e. The van der Waals surface area contributed by atoms with Gasteiger partial charge < -0.3 is 11.5 Å². The van der Waals surface area contributed by atoms with Crippen LogP contribution in [0.15, 0.2) is 12.1 Å². The van der Waals surface area contributed by atoms with Crippen LogP contribution in [0.1, 0.15) is 11.6 Å². The van der Waals surface area contributed by atoms with Crippen molar-refractivity contribution in [2.24, 2.45) is 11.5 Å². The predicted molar refractivity (Wildman–Crippen MR) is 54.6 cm³/mol. The molecule has 0 aromatic heterocycles. The fraction of sp³-hybridized carbons (Fsp3) is 0.250. The first-order valence-electron chi connectivity index (χ1n) is 3.67. The summed E-state index contributed by atoms with van der Waals surface area (Å²) in [6.07, 6.45) is 0. The van der Waals surface area contributed by atoms with Crippen molar-refractivity contribution in [3.05, 3.63) is 34.4 Å². The van der Waals surface area contributed by atoms with Gasteiger partial charge in [-0.05, 0) is 12.1 Å². The highest BCUT2D eigenvalue weighted by atomic mass is 35.5. The standard InChI is InChI=1S/C8H9ClF2N2.ClH/c9-4-1-2-5(10)7(8(4)11)6(13)3-12;/h1-2,6H,3,12-13H2;1H/t6-;/m1./s1. The Kier molecular flexibility index (Phi) is 5.29. The molecular formula is C8H10Cl2F2N2. The average Bonchev–Trinajstić information content (AvgIpc) is 2.12. The van der Waals surface area contributed by atoms with E-state index < -0.39 is 17.7 Å². The van der Waals surface area contributed by atoms with Crippen molar-refractivity contribution in [2.75, 3.05) is 6.54 Å². The minimum atomic E-state index is -0.862. The molecule has 1 aromatic carbocycles. The number of hydrogen-bond donors (Lipinski definition) is 2. The lowest BCUT2D eigenvalue weighted by atomic mass is 10.1. The average molecular weight is 243 g/mol. The second-order valence-electron chi connectivity index (χ2n) is 2.60. The summed E-state index contributed by atoms with van der Waals surface area (Å²) in [5.41, 5.74) is 10.3. The van der Waals surface area contributed by atoms with Crippen molar-refractivity contribution >= 4 is 24.0 Å². The van der Waals surface area contributed by atoms with Crippen molar-refractivity contribution in [3.63, 3.8) is 0 Å². The largest absolute Gasteiger partial charge is 0.329 e. The Morgan fingerprint density at radius 1 is 1.36 bits per heavy atom. The molecule has 0 bridgehead atoms. The lowest BCUT2D eigenvalue weighted by Crippen LogP contribution is -2.23. The highest BCUT2D eigenvalue weighted by molar-refractivity contribution is 6.30. The van der Waals surface area contributed by atoms with Crippen molar-refractivity contribution in [2.45, 2.75) is 6.04 Å². The van der Waals surface area contributed by atoms with Crippen molar-refractivity contribution in [1.82, 2.24) is 0 Å². The van der Waals surface area contributed by atoms with Crippen LogP contribution in [0.25, 0.3) is 0 Å². The minimum absolute atomic E-state index is 0. The maximum absolute atomic E-state index is 13.2.